The second-order valence-corrected chi connectivity index (χ2v) is 5.02. The summed E-state index contributed by atoms with van der Waals surface area (Å²) in [6.07, 6.45) is 0. The van der Waals surface area contributed by atoms with E-state index in [1.165, 1.54) is 12.1 Å². The SMILES string of the molecule is CC1(C(=O)Nc2ccc(F)cc2Cl)COCC1N. The van der Waals surface area contributed by atoms with Crippen LogP contribution in [-0.4, -0.2) is 25.2 Å². The molecule has 1 fully saturated rings. The number of rotatable bonds is 2. The predicted octanol–water partition coefficient (Wildman–Crippen LogP) is 1.78. The van der Waals surface area contributed by atoms with Crippen molar-refractivity contribution in [1.29, 1.82) is 0 Å². The molecule has 0 radical (unpaired) electrons. The summed E-state index contributed by atoms with van der Waals surface area (Å²) in [6, 6.07) is 3.43. The van der Waals surface area contributed by atoms with Crippen molar-refractivity contribution in [3.63, 3.8) is 0 Å². The topological polar surface area (TPSA) is 64.3 Å². The smallest absolute Gasteiger partial charge is 0.234 e. The van der Waals surface area contributed by atoms with E-state index in [0.717, 1.165) is 6.07 Å². The van der Waals surface area contributed by atoms with Crippen LogP contribution < -0.4 is 11.1 Å². The third kappa shape index (κ3) is 2.34. The van der Waals surface area contributed by atoms with E-state index in [1.807, 2.05) is 0 Å². The van der Waals surface area contributed by atoms with E-state index < -0.39 is 11.2 Å². The summed E-state index contributed by atoms with van der Waals surface area (Å²) in [7, 11) is 0. The fourth-order valence-electron chi connectivity index (χ4n) is 1.78. The largest absolute Gasteiger partial charge is 0.379 e. The Kier molecular flexibility index (Phi) is 3.56. The molecule has 1 aliphatic rings. The zero-order chi connectivity index (χ0) is 13.3. The third-order valence-corrected chi connectivity index (χ3v) is 3.53. The number of amides is 1. The lowest BCUT2D eigenvalue weighted by molar-refractivity contribution is -0.125. The standard InChI is InChI=1S/C12H14ClFN2O2/c1-12(6-18-5-10(12)15)11(17)16-9-3-2-7(14)4-8(9)13/h2-4,10H,5-6,15H2,1H3,(H,16,17). The average molecular weight is 273 g/mol. The van der Waals surface area contributed by atoms with Crippen molar-refractivity contribution in [2.75, 3.05) is 18.5 Å². The van der Waals surface area contributed by atoms with Gasteiger partial charge in [-0.1, -0.05) is 11.6 Å². The van der Waals surface area contributed by atoms with Crippen LogP contribution in [-0.2, 0) is 9.53 Å². The van der Waals surface area contributed by atoms with Crippen molar-refractivity contribution in [1.82, 2.24) is 0 Å². The first-order chi connectivity index (χ1) is 8.43. The molecule has 0 bridgehead atoms. The Balaban J connectivity index is 2.16. The highest BCUT2D eigenvalue weighted by atomic mass is 35.5. The molecule has 1 heterocycles. The lowest BCUT2D eigenvalue weighted by atomic mass is 9.85. The van der Waals surface area contributed by atoms with Crippen LogP contribution in [0.5, 0.6) is 0 Å². The van der Waals surface area contributed by atoms with E-state index in [1.54, 1.807) is 6.92 Å². The van der Waals surface area contributed by atoms with Gasteiger partial charge in [-0.2, -0.15) is 0 Å². The molecule has 3 N–H and O–H groups in total. The molecule has 2 unspecified atom stereocenters. The highest BCUT2D eigenvalue weighted by molar-refractivity contribution is 6.33. The first kappa shape index (κ1) is 13.3. The van der Waals surface area contributed by atoms with Gasteiger partial charge in [-0.05, 0) is 25.1 Å². The summed E-state index contributed by atoms with van der Waals surface area (Å²) in [5.41, 5.74) is 5.42. The van der Waals surface area contributed by atoms with Crippen LogP contribution >= 0.6 is 11.6 Å². The lowest BCUT2D eigenvalue weighted by Crippen LogP contribution is -2.47. The number of halogens is 2. The second-order valence-electron chi connectivity index (χ2n) is 4.62. The van der Waals surface area contributed by atoms with Crippen LogP contribution in [0.3, 0.4) is 0 Å². The van der Waals surface area contributed by atoms with Gasteiger partial charge in [0.15, 0.2) is 0 Å². The van der Waals surface area contributed by atoms with Crippen molar-refractivity contribution in [3.05, 3.63) is 29.0 Å². The normalized spacial score (nSPS) is 27.2. The lowest BCUT2D eigenvalue weighted by Gasteiger charge is -2.25. The van der Waals surface area contributed by atoms with E-state index in [9.17, 15) is 9.18 Å². The number of anilines is 1. The zero-order valence-corrected chi connectivity index (χ0v) is 10.6. The minimum absolute atomic E-state index is 0.152. The highest BCUT2D eigenvalue weighted by Gasteiger charge is 2.44. The Hall–Kier alpha value is -1.17. The summed E-state index contributed by atoms with van der Waals surface area (Å²) >= 11 is 5.84. The number of hydrogen-bond donors (Lipinski definition) is 2. The quantitative estimate of drug-likeness (QED) is 0.863. The molecule has 2 atom stereocenters. The Morgan fingerprint density at radius 3 is 2.94 bits per heavy atom. The fraction of sp³-hybridized carbons (Fsp3) is 0.417. The maximum atomic E-state index is 12.9. The first-order valence-corrected chi connectivity index (χ1v) is 5.91. The summed E-state index contributed by atoms with van der Waals surface area (Å²) in [4.78, 5) is 12.2. The fourth-order valence-corrected chi connectivity index (χ4v) is 1.99. The van der Waals surface area contributed by atoms with Crippen molar-refractivity contribution in [3.8, 4) is 0 Å². The van der Waals surface area contributed by atoms with E-state index in [0.29, 0.717) is 12.3 Å². The van der Waals surface area contributed by atoms with Gasteiger partial charge >= 0.3 is 0 Å². The van der Waals surface area contributed by atoms with Gasteiger partial charge in [0, 0.05) is 6.04 Å². The van der Waals surface area contributed by atoms with Crippen molar-refractivity contribution in [2.24, 2.45) is 11.1 Å². The van der Waals surface area contributed by atoms with Gasteiger partial charge in [-0.3, -0.25) is 4.79 Å². The summed E-state index contributed by atoms with van der Waals surface area (Å²) in [6.45, 7) is 2.34. The van der Waals surface area contributed by atoms with Crippen LogP contribution in [0.2, 0.25) is 5.02 Å². The van der Waals surface area contributed by atoms with Crippen LogP contribution in [0.4, 0.5) is 10.1 Å². The molecule has 1 saturated heterocycles. The Bertz CT molecular complexity index is 483. The Morgan fingerprint density at radius 1 is 1.67 bits per heavy atom. The van der Waals surface area contributed by atoms with Gasteiger partial charge < -0.3 is 15.8 Å². The third-order valence-electron chi connectivity index (χ3n) is 3.22. The van der Waals surface area contributed by atoms with E-state index in [2.05, 4.69) is 5.32 Å². The number of nitrogens with one attached hydrogen (secondary N) is 1. The molecule has 6 heteroatoms. The van der Waals surface area contributed by atoms with Crippen LogP contribution in [0, 0.1) is 11.2 Å². The minimum Gasteiger partial charge on any atom is -0.379 e. The molecule has 1 aromatic rings. The predicted molar refractivity (Wildman–Crippen MR) is 66.9 cm³/mol. The molecule has 0 spiro atoms. The molecule has 1 amide bonds. The maximum absolute atomic E-state index is 12.9. The molecule has 1 aromatic carbocycles. The molecule has 0 aromatic heterocycles. The van der Waals surface area contributed by atoms with E-state index in [-0.39, 0.29) is 23.6 Å². The van der Waals surface area contributed by atoms with Gasteiger partial charge in [0.1, 0.15) is 5.82 Å². The number of carbonyl (C=O) groups excluding carboxylic acids is 1. The Morgan fingerprint density at radius 2 is 2.39 bits per heavy atom. The van der Waals surface area contributed by atoms with Gasteiger partial charge in [-0.25, -0.2) is 4.39 Å². The number of hydrogen-bond acceptors (Lipinski definition) is 3. The minimum atomic E-state index is -0.794. The van der Waals surface area contributed by atoms with Crippen molar-refractivity contribution >= 4 is 23.2 Å². The van der Waals surface area contributed by atoms with E-state index in [4.69, 9.17) is 22.1 Å². The molecular weight excluding hydrogens is 259 g/mol. The molecule has 2 rings (SSSR count). The average Bonchev–Trinajstić information content (AvgIpc) is 2.64. The molecule has 0 saturated carbocycles. The number of ether oxygens (including phenoxy) is 1. The van der Waals surface area contributed by atoms with Gasteiger partial charge in [0.25, 0.3) is 0 Å². The molecule has 98 valence electrons. The molecule has 4 nitrogen and oxygen atoms in total. The van der Waals surface area contributed by atoms with Crippen LogP contribution in [0.15, 0.2) is 18.2 Å². The number of carbonyl (C=O) groups is 1. The van der Waals surface area contributed by atoms with Gasteiger partial charge in [0.05, 0.1) is 29.3 Å². The van der Waals surface area contributed by atoms with Gasteiger partial charge in [0.2, 0.25) is 5.91 Å². The maximum Gasteiger partial charge on any atom is 0.234 e. The van der Waals surface area contributed by atoms with Crippen molar-refractivity contribution < 1.29 is 13.9 Å². The monoisotopic (exact) mass is 272 g/mol. The Labute approximate surface area is 109 Å². The first-order valence-electron chi connectivity index (χ1n) is 5.53. The second kappa shape index (κ2) is 4.84. The summed E-state index contributed by atoms with van der Waals surface area (Å²) in [5, 5.41) is 2.80. The summed E-state index contributed by atoms with van der Waals surface area (Å²) in [5.74, 6) is -0.730. The molecule has 0 aliphatic carbocycles. The number of nitrogens with two attached hydrogens (primary N) is 1. The number of benzene rings is 1. The van der Waals surface area contributed by atoms with E-state index >= 15 is 0 Å². The molecular formula is C12H14ClFN2O2. The van der Waals surface area contributed by atoms with Crippen LogP contribution in [0.1, 0.15) is 6.92 Å². The van der Waals surface area contributed by atoms with Gasteiger partial charge in [-0.15, -0.1) is 0 Å². The molecule has 18 heavy (non-hydrogen) atoms. The molecule has 1 aliphatic heterocycles. The van der Waals surface area contributed by atoms with Crippen LogP contribution in [0.25, 0.3) is 0 Å². The van der Waals surface area contributed by atoms with Crippen molar-refractivity contribution in [2.45, 2.75) is 13.0 Å². The summed E-state index contributed by atoms with van der Waals surface area (Å²) < 4.78 is 18.1. The zero-order valence-electron chi connectivity index (χ0n) is 9.87. The highest BCUT2D eigenvalue weighted by Crippen LogP contribution is 2.30.